The summed E-state index contributed by atoms with van der Waals surface area (Å²) < 4.78 is 33.3. The van der Waals surface area contributed by atoms with Crippen molar-refractivity contribution in [2.24, 2.45) is 5.92 Å². The minimum Gasteiger partial charge on any atom is -0.495 e. The van der Waals surface area contributed by atoms with Crippen molar-refractivity contribution < 1.29 is 22.7 Å². The Morgan fingerprint density at radius 3 is 2.35 bits per heavy atom. The normalized spacial score (nSPS) is 19.6. The molecule has 0 aromatic heterocycles. The number of methoxy groups -OCH3 is 1. The minimum atomic E-state index is -3.68. The summed E-state index contributed by atoms with van der Waals surface area (Å²) in [6.07, 6.45) is 3.82. The van der Waals surface area contributed by atoms with Gasteiger partial charge in [-0.3, -0.25) is 9.59 Å². The second-order valence-corrected chi connectivity index (χ2v) is 10.8. The van der Waals surface area contributed by atoms with Crippen LogP contribution in [0, 0.1) is 12.8 Å². The van der Waals surface area contributed by atoms with Gasteiger partial charge in [-0.25, -0.2) is 8.42 Å². The largest absolute Gasteiger partial charge is 0.495 e. The molecule has 34 heavy (non-hydrogen) atoms. The Morgan fingerprint density at radius 1 is 1.03 bits per heavy atom. The number of rotatable bonds is 6. The van der Waals surface area contributed by atoms with Gasteiger partial charge in [0.1, 0.15) is 5.75 Å². The van der Waals surface area contributed by atoms with E-state index in [0.717, 1.165) is 36.9 Å². The molecule has 2 amide bonds. The zero-order valence-electron chi connectivity index (χ0n) is 19.6. The van der Waals surface area contributed by atoms with Crippen LogP contribution < -0.4 is 15.0 Å². The highest BCUT2D eigenvalue weighted by Crippen LogP contribution is 2.32. The number of anilines is 2. The molecule has 1 N–H and O–H groups in total. The standard InChI is InChI=1S/C25H31N3O5S/c1-18-7-9-20(10-8-18)28-17-19(15-24(28)29)25(30)26-22-16-21(11-12-23(22)33-2)34(31,32)27-13-5-3-4-6-14-27/h7-12,16,19H,3-6,13-15,17H2,1-2H3,(H,26,30). The van der Waals surface area contributed by atoms with Gasteiger partial charge < -0.3 is 15.0 Å². The van der Waals surface area contributed by atoms with Gasteiger partial charge in [-0.15, -0.1) is 0 Å². The molecule has 182 valence electrons. The van der Waals surface area contributed by atoms with E-state index in [1.807, 2.05) is 31.2 Å². The fourth-order valence-electron chi connectivity index (χ4n) is 4.47. The third-order valence-corrected chi connectivity index (χ3v) is 8.37. The fraction of sp³-hybridized carbons (Fsp3) is 0.440. The van der Waals surface area contributed by atoms with Crippen LogP contribution in [0.3, 0.4) is 0 Å². The van der Waals surface area contributed by atoms with E-state index in [0.29, 0.717) is 18.8 Å². The summed E-state index contributed by atoms with van der Waals surface area (Å²) in [7, 11) is -2.22. The van der Waals surface area contributed by atoms with Crippen LogP contribution in [0.1, 0.15) is 37.7 Å². The number of carbonyl (C=O) groups is 2. The Morgan fingerprint density at radius 2 is 1.71 bits per heavy atom. The van der Waals surface area contributed by atoms with Crippen LogP contribution >= 0.6 is 0 Å². The molecule has 2 aromatic rings. The van der Waals surface area contributed by atoms with Crippen LogP contribution in [0.5, 0.6) is 5.75 Å². The number of benzene rings is 2. The third-order valence-electron chi connectivity index (χ3n) is 6.47. The molecule has 2 fully saturated rings. The van der Waals surface area contributed by atoms with Gasteiger partial charge in [0.15, 0.2) is 0 Å². The molecule has 2 saturated heterocycles. The van der Waals surface area contributed by atoms with Gasteiger partial charge in [-0.05, 0) is 50.1 Å². The number of carbonyl (C=O) groups excluding carboxylic acids is 2. The summed E-state index contributed by atoms with van der Waals surface area (Å²) in [5.41, 5.74) is 2.13. The Hall–Kier alpha value is -2.91. The lowest BCUT2D eigenvalue weighted by Crippen LogP contribution is -2.32. The van der Waals surface area contributed by atoms with Gasteiger partial charge in [0, 0.05) is 31.7 Å². The number of hydrogen-bond acceptors (Lipinski definition) is 5. The van der Waals surface area contributed by atoms with Crippen molar-refractivity contribution >= 4 is 33.2 Å². The molecule has 0 aliphatic carbocycles. The minimum absolute atomic E-state index is 0.0911. The summed E-state index contributed by atoms with van der Waals surface area (Å²) in [6, 6.07) is 12.1. The first kappa shape index (κ1) is 24.2. The number of aryl methyl sites for hydroxylation is 1. The maximum atomic E-state index is 13.2. The molecule has 2 aromatic carbocycles. The maximum Gasteiger partial charge on any atom is 0.243 e. The number of amides is 2. The van der Waals surface area contributed by atoms with Gasteiger partial charge in [-0.1, -0.05) is 30.5 Å². The summed E-state index contributed by atoms with van der Waals surface area (Å²) in [4.78, 5) is 27.4. The molecule has 1 atom stereocenters. The first-order chi connectivity index (χ1) is 16.3. The molecule has 2 heterocycles. The van der Waals surface area contributed by atoms with Crippen molar-refractivity contribution in [3.63, 3.8) is 0 Å². The van der Waals surface area contributed by atoms with E-state index in [9.17, 15) is 18.0 Å². The summed E-state index contributed by atoms with van der Waals surface area (Å²) in [5.74, 6) is -0.647. The highest BCUT2D eigenvalue weighted by Gasteiger charge is 2.35. The molecule has 0 spiro atoms. The molecule has 2 aliphatic heterocycles. The van der Waals surface area contributed by atoms with Crippen LogP contribution in [0.4, 0.5) is 11.4 Å². The van der Waals surface area contributed by atoms with E-state index in [1.54, 1.807) is 11.0 Å². The van der Waals surface area contributed by atoms with Crippen LogP contribution in [0.15, 0.2) is 47.4 Å². The fourth-order valence-corrected chi connectivity index (χ4v) is 6.01. The van der Waals surface area contributed by atoms with Crippen molar-refractivity contribution in [1.82, 2.24) is 4.31 Å². The van der Waals surface area contributed by atoms with Crippen molar-refractivity contribution in [3.05, 3.63) is 48.0 Å². The number of sulfonamides is 1. The lowest BCUT2D eigenvalue weighted by molar-refractivity contribution is -0.122. The van der Waals surface area contributed by atoms with Crippen LogP contribution in [-0.4, -0.2) is 51.3 Å². The third kappa shape index (κ3) is 5.10. The molecule has 4 rings (SSSR count). The Balaban J connectivity index is 1.52. The second kappa shape index (κ2) is 10.1. The van der Waals surface area contributed by atoms with Crippen molar-refractivity contribution in [1.29, 1.82) is 0 Å². The van der Waals surface area contributed by atoms with E-state index in [-0.39, 0.29) is 35.4 Å². The zero-order chi connectivity index (χ0) is 24.3. The van der Waals surface area contributed by atoms with Crippen LogP contribution in [0.2, 0.25) is 0 Å². The summed E-state index contributed by atoms with van der Waals surface area (Å²) in [6.45, 7) is 3.23. The topological polar surface area (TPSA) is 96.0 Å². The monoisotopic (exact) mass is 485 g/mol. The Bertz CT molecular complexity index is 1160. The van der Waals surface area contributed by atoms with Crippen molar-refractivity contribution in [2.75, 3.05) is 37.0 Å². The van der Waals surface area contributed by atoms with E-state index < -0.39 is 15.9 Å². The average molecular weight is 486 g/mol. The maximum absolute atomic E-state index is 13.2. The quantitative estimate of drug-likeness (QED) is 0.675. The zero-order valence-corrected chi connectivity index (χ0v) is 20.4. The van der Waals surface area contributed by atoms with Crippen LogP contribution in [0.25, 0.3) is 0 Å². The Labute approximate surface area is 200 Å². The van der Waals surface area contributed by atoms with Gasteiger partial charge in [0.05, 0.1) is 23.6 Å². The van der Waals surface area contributed by atoms with Crippen molar-refractivity contribution in [2.45, 2.75) is 43.9 Å². The number of nitrogens with one attached hydrogen (secondary N) is 1. The lowest BCUT2D eigenvalue weighted by Gasteiger charge is -2.21. The summed E-state index contributed by atoms with van der Waals surface area (Å²) >= 11 is 0. The molecule has 8 nitrogen and oxygen atoms in total. The van der Waals surface area contributed by atoms with E-state index >= 15 is 0 Å². The number of hydrogen-bond donors (Lipinski definition) is 1. The molecular formula is C25H31N3O5S. The van der Waals surface area contributed by atoms with E-state index in [2.05, 4.69) is 5.32 Å². The number of nitrogens with zero attached hydrogens (tertiary/aromatic N) is 2. The molecule has 0 bridgehead atoms. The molecule has 0 radical (unpaired) electrons. The van der Waals surface area contributed by atoms with Gasteiger partial charge in [0.2, 0.25) is 21.8 Å². The lowest BCUT2D eigenvalue weighted by atomic mass is 10.1. The average Bonchev–Trinajstić information content (AvgIpc) is 3.02. The number of ether oxygens (including phenoxy) is 1. The molecule has 9 heteroatoms. The van der Waals surface area contributed by atoms with Gasteiger partial charge >= 0.3 is 0 Å². The van der Waals surface area contributed by atoms with Crippen LogP contribution in [-0.2, 0) is 19.6 Å². The van der Waals surface area contributed by atoms with E-state index in [4.69, 9.17) is 4.74 Å². The first-order valence-electron chi connectivity index (χ1n) is 11.7. The Kier molecular flexibility index (Phi) is 7.23. The molecule has 2 aliphatic rings. The highest BCUT2D eigenvalue weighted by molar-refractivity contribution is 7.89. The highest BCUT2D eigenvalue weighted by atomic mass is 32.2. The molecule has 1 unspecified atom stereocenters. The predicted molar refractivity (Wildman–Crippen MR) is 130 cm³/mol. The smallest absolute Gasteiger partial charge is 0.243 e. The van der Waals surface area contributed by atoms with E-state index in [1.165, 1.54) is 23.5 Å². The van der Waals surface area contributed by atoms with Gasteiger partial charge in [0.25, 0.3) is 0 Å². The van der Waals surface area contributed by atoms with Gasteiger partial charge in [-0.2, -0.15) is 4.31 Å². The first-order valence-corrected chi connectivity index (χ1v) is 13.1. The molecule has 0 saturated carbocycles. The molecular weight excluding hydrogens is 454 g/mol. The second-order valence-electron chi connectivity index (χ2n) is 8.91. The predicted octanol–water partition coefficient (Wildman–Crippen LogP) is 3.56. The SMILES string of the molecule is COc1ccc(S(=O)(=O)N2CCCCCC2)cc1NC(=O)C1CC(=O)N(c2ccc(C)cc2)C1. The summed E-state index contributed by atoms with van der Waals surface area (Å²) in [5, 5.41) is 2.81. The van der Waals surface area contributed by atoms with Crippen molar-refractivity contribution in [3.8, 4) is 5.75 Å².